The minimum atomic E-state index is -4.51. The van der Waals surface area contributed by atoms with Crippen molar-refractivity contribution >= 4 is 16.9 Å². The summed E-state index contributed by atoms with van der Waals surface area (Å²) in [6, 6.07) is 6.84. The first kappa shape index (κ1) is 18.3. The zero-order valence-corrected chi connectivity index (χ0v) is 15.3. The van der Waals surface area contributed by atoms with Crippen LogP contribution < -0.4 is 10.1 Å². The van der Waals surface area contributed by atoms with E-state index in [-0.39, 0.29) is 23.5 Å². The molecular formula is C19H17F3N4O2. The smallest absolute Gasteiger partial charge is 0.425 e. The molecule has 2 N–H and O–H groups in total. The summed E-state index contributed by atoms with van der Waals surface area (Å²) in [6.45, 7) is 4.33. The van der Waals surface area contributed by atoms with Crippen molar-refractivity contribution in [2.75, 3.05) is 0 Å². The number of halogens is 3. The summed E-state index contributed by atoms with van der Waals surface area (Å²) in [4.78, 5) is 23.9. The third-order valence-electron chi connectivity index (χ3n) is 4.74. The van der Waals surface area contributed by atoms with Crippen LogP contribution in [-0.4, -0.2) is 33.1 Å². The van der Waals surface area contributed by atoms with Crippen LogP contribution in [0.5, 0.6) is 5.88 Å². The van der Waals surface area contributed by atoms with Gasteiger partial charge in [0.2, 0.25) is 5.88 Å². The molecule has 1 amide bonds. The number of fused-ring (bicyclic) bond motifs is 2. The zero-order valence-electron chi connectivity index (χ0n) is 15.3. The number of ether oxygens (including phenoxy) is 1. The number of para-hydroxylation sites is 1. The number of carbonyl (C=O) groups is 1. The fraction of sp³-hybridized carbons (Fsp3) is 0.316. The standard InChI is InChI=1S/C19H17F3N4O2/c1-8-15-12(17(27)24-8)7-14(25-15)11-5-4-6-13-16(11)26-18(9(2)23-13)28-10(3)19(20,21)22/h4-8,10,25H,1-3H3,(H,24,27)/t8-,10+/m1/s1. The molecule has 0 saturated heterocycles. The molecule has 2 aromatic heterocycles. The van der Waals surface area contributed by atoms with Crippen LogP contribution in [0.1, 0.15) is 41.6 Å². The Balaban J connectivity index is 1.82. The molecule has 0 radical (unpaired) electrons. The number of nitrogens with zero attached hydrogens (tertiary/aromatic N) is 2. The fourth-order valence-electron chi connectivity index (χ4n) is 3.20. The van der Waals surface area contributed by atoms with Gasteiger partial charge < -0.3 is 15.0 Å². The molecule has 4 rings (SSSR count). The predicted molar refractivity (Wildman–Crippen MR) is 96.1 cm³/mol. The quantitative estimate of drug-likeness (QED) is 0.707. The van der Waals surface area contributed by atoms with Crippen molar-refractivity contribution < 1.29 is 22.7 Å². The number of benzene rings is 1. The molecule has 0 saturated carbocycles. The number of aryl methyl sites for hydroxylation is 1. The number of carbonyl (C=O) groups excluding carboxylic acids is 1. The lowest BCUT2D eigenvalue weighted by molar-refractivity contribution is -0.190. The van der Waals surface area contributed by atoms with Crippen LogP contribution in [0.4, 0.5) is 13.2 Å². The monoisotopic (exact) mass is 390 g/mol. The normalized spacial score (nSPS) is 17.5. The zero-order chi connectivity index (χ0) is 20.2. The number of hydrogen-bond donors (Lipinski definition) is 2. The molecule has 6 nitrogen and oxygen atoms in total. The first-order valence-corrected chi connectivity index (χ1v) is 8.70. The highest BCUT2D eigenvalue weighted by molar-refractivity contribution is 6.01. The van der Waals surface area contributed by atoms with Gasteiger partial charge in [0.15, 0.2) is 6.10 Å². The minimum absolute atomic E-state index is 0.147. The molecule has 3 heterocycles. The van der Waals surface area contributed by atoms with Gasteiger partial charge in [-0.15, -0.1) is 0 Å². The van der Waals surface area contributed by atoms with E-state index >= 15 is 0 Å². The molecule has 0 unspecified atom stereocenters. The van der Waals surface area contributed by atoms with Crippen molar-refractivity contribution in [3.63, 3.8) is 0 Å². The Morgan fingerprint density at radius 3 is 2.64 bits per heavy atom. The molecule has 1 aliphatic rings. The van der Waals surface area contributed by atoms with Crippen LogP contribution in [0.25, 0.3) is 22.3 Å². The fourth-order valence-corrected chi connectivity index (χ4v) is 3.20. The van der Waals surface area contributed by atoms with E-state index in [1.54, 1.807) is 31.2 Å². The van der Waals surface area contributed by atoms with Crippen LogP contribution in [0.15, 0.2) is 24.3 Å². The van der Waals surface area contributed by atoms with Gasteiger partial charge in [0, 0.05) is 11.3 Å². The maximum atomic E-state index is 12.9. The van der Waals surface area contributed by atoms with E-state index in [1.807, 2.05) is 6.92 Å². The Kier molecular flexibility index (Phi) is 4.06. The second kappa shape index (κ2) is 6.22. The number of alkyl halides is 3. The van der Waals surface area contributed by atoms with Crippen molar-refractivity contribution in [1.82, 2.24) is 20.3 Å². The van der Waals surface area contributed by atoms with Gasteiger partial charge in [0.25, 0.3) is 5.91 Å². The van der Waals surface area contributed by atoms with Crippen molar-refractivity contribution in [3.05, 3.63) is 41.2 Å². The highest BCUT2D eigenvalue weighted by atomic mass is 19.4. The van der Waals surface area contributed by atoms with Crippen LogP contribution in [0.2, 0.25) is 0 Å². The minimum Gasteiger partial charge on any atom is -0.464 e. The third-order valence-corrected chi connectivity index (χ3v) is 4.74. The first-order valence-electron chi connectivity index (χ1n) is 8.70. The number of H-pyrrole nitrogens is 1. The second-order valence-electron chi connectivity index (χ2n) is 6.79. The van der Waals surface area contributed by atoms with E-state index in [1.165, 1.54) is 0 Å². The van der Waals surface area contributed by atoms with Gasteiger partial charge in [0.05, 0.1) is 22.8 Å². The van der Waals surface area contributed by atoms with Crippen molar-refractivity contribution in [1.29, 1.82) is 0 Å². The van der Waals surface area contributed by atoms with E-state index < -0.39 is 12.3 Å². The predicted octanol–water partition coefficient (Wildman–Crippen LogP) is 4.07. The van der Waals surface area contributed by atoms with Crippen LogP contribution in [0.3, 0.4) is 0 Å². The van der Waals surface area contributed by atoms with Gasteiger partial charge in [-0.3, -0.25) is 4.79 Å². The molecule has 146 valence electrons. The molecule has 1 aliphatic heterocycles. The molecule has 1 aromatic carbocycles. The molecule has 2 atom stereocenters. The van der Waals surface area contributed by atoms with Crippen LogP contribution >= 0.6 is 0 Å². The van der Waals surface area contributed by atoms with E-state index in [4.69, 9.17) is 4.74 Å². The van der Waals surface area contributed by atoms with Gasteiger partial charge in [-0.05, 0) is 32.9 Å². The Bertz CT molecular complexity index is 1090. The highest BCUT2D eigenvalue weighted by Gasteiger charge is 2.38. The average Bonchev–Trinajstić information content (AvgIpc) is 3.16. The molecule has 3 aromatic rings. The number of hydrogen-bond acceptors (Lipinski definition) is 4. The topological polar surface area (TPSA) is 79.9 Å². The maximum absolute atomic E-state index is 12.9. The number of aromatic nitrogens is 3. The van der Waals surface area contributed by atoms with Gasteiger partial charge >= 0.3 is 6.18 Å². The molecule has 0 spiro atoms. The number of amides is 1. The van der Waals surface area contributed by atoms with Crippen LogP contribution in [0, 0.1) is 6.92 Å². The first-order chi connectivity index (χ1) is 13.1. The lowest BCUT2D eigenvalue weighted by Gasteiger charge is -2.18. The second-order valence-corrected chi connectivity index (χ2v) is 6.79. The summed E-state index contributed by atoms with van der Waals surface area (Å²) in [5, 5.41) is 2.81. The molecule has 0 bridgehead atoms. The van der Waals surface area contributed by atoms with Crippen molar-refractivity contribution in [3.8, 4) is 17.1 Å². The van der Waals surface area contributed by atoms with Gasteiger partial charge in [-0.2, -0.15) is 13.2 Å². The SMILES string of the molecule is Cc1nc2cccc(-c3cc4c([nH]3)[C@@H](C)NC4=O)c2nc1O[C@@H](C)C(F)(F)F. The number of rotatable bonds is 3. The Morgan fingerprint density at radius 1 is 1.21 bits per heavy atom. The summed E-state index contributed by atoms with van der Waals surface area (Å²) in [5.74, 6) is -0.342. The van der Waals surface area contributed by atoms with E-state index in [0.717, 1.165) is 12.6 Å². The van der Waals surface area contributed by atoms with E-state index in [9.17, 15) is 18.0 Å². The molecule has 28 heavy (non-hydrogen) atoms. The maximum Gasteiger partial charge on any atom is 0.425 e. The average molecular weight is 390 g/mol. The summed E-state index contributed by atoms with van der Waals surface area (Å²) in [5.41, 5.74) is 3.76. The van der Waals surface area contributed by atoms with Gasteiger partial charge in [-0.1, -0.05) is 12.1 Å². The summed E-state index contributed by atoms with van der Waals surface area (Å²) in [6.07, 6.45) is -6.52. The number of nitrogens with one attached hydrogen (secondary N) is 2. The Labute approximate surface area is 158 Å². The van der Waals surface area contributed by atoms with Gasteiger partial charge in [0.1, 0.15) is 11.2 Å². The Morgan fingerprint density at radius 2 is 1.96 bits per heavy atom. The summed E-state index contributed by atoms with van der Waals surface area (Å²) >= 11 is 0. The highest BCUT2D eigenvalue weighted by Crippen LogP contribution is 2.34. The Hall–Kier alpha value is -3.10. The lowest BCUT2D eigenvalue weighted by Crippen LogP contribution is -2.31. The molecule has 9 heteroatoms. The molecule has 0 aliphatic carbocycles. The van der Waals surface area contributed by atoms with Crippen LogP contribution in [-0.2, 0) is 0 Å². The lowest BCUT2D eigenvalue weighted by atomic mass is 10.1. The third kappa shape index (κ3) is 2.96. The summed E-state index contributed by atoms with van der Waals surface area (Å²) < 4.78 is 43.7. The summed E-state index contributed by atoms with van der Waals surface area (Å²) in [7, 11) is 0. The van der Waals surface area contributed by atoms with Crippen molar-refractivity contribution in [2.24, 2.45) is 0 Å². The van der Waals surface area contributed by atoms with E-state index in [2.05, 4.69) is 20.3 Å². The number of aromatic amines is 1. The van der Waals surface area contributed by atoms with Crippen molar-refractivity contribution in [2.45, 2.75) is 39.1 Å². The van der Waals surface area contributed by atoms with E-state index in [0.29, 0.717) is 27.9 Å². The molecular weight excluding hydrogens is 373 g/mol. The largest absolute Gasteiger partial charge is 0.464 e. The molecule has 0 fully saturated rings. The van der Waals surface area contributed by atoms with Gasteiger partial charge in [-0.25, -0.2) is 9.97 Å².